The van der Waals surface area contributed by atoms with E-state index in [1.54, 1.807) is 4.90 Å². The molecule has 3 aromatic rings. The maximum Gasteiger partial charge on any atom is 0.254 e. The smallest absolute Gasteiger partial charge is 0.254 e. The van der Waals surface area contributed by atoms with Crippen molar-refractivity contribution in [2.24, 2.45) is 0 Å². The summed E-state index contributed by atoms with van der Waals surface area (Å²) in [5.41, 5.74) is 3.67. The summed E-state index contributed by atoms with van der Waals surface area (Å²) in [6.45, 7) is 3.16. The molecule has 3 heterocycles. The summed E-state index contributed by atoms with van der Waals surface area (Å²) in [6, 6.07) is 19.2. The van der Waals surface area contributed by atoms with Crippen molar-refractivity contribution in [1.82, 2.24) is 14.9 Å². The van der Waals surface area contributed by atoms with Crippen LogP contribution >= 0.6 is 0 Å². The average Bonchev–Trinajstić information content (AvgIpc) is 3.31. The molecule has 2 aliphatic rings. The number of hydrogen-bond donors (Lipinski definition) is 0. The van der Waals surface area contributed by atoms with Gasteiger partial charge in [-0.15, -0.1) is 0 Å². The number of anilines is 1. The quantitative estimate of drug-likeness (QED) is 0.626. The Hall–Kier alpha value is -3.54. The van der Waals surface area contributed by atoms with Crippen molar-refractivity contribution >= 4 is 17.6 Å². The minimum atomic E-state index is -0.178. The van der Waals surface area contributed by atoms with Crippen molar-refractivity contribution in [1.29, 1.82) is 0 Å². The number of aryl methyl sites for hydroxylation is 1. The lowest BCUT2D eigenvalue weighted by Gasteiger charge is -2.31. The van der Waals surface area contributed by atoms with Crippen LogP contribution in [0.4, 0.5) is 5.82 Å². The number of fused-ring (bicyclic) bond motifs is 1. The van der Waals surface area contributed by atoms with E-state index in [4.69, 9.17) is 9.97 Å². The number of likely N-dealkylation sites (tertiary alicyclic amines) is 1. The standard InChI is InChI=1S/C26H26N4O2/c1-18-21-14-15-23(31)30(17-19-9-4-2-5-10-19)25(21)28-24(27-18)22-13-8-16-29(22)26(32)20-11-6-3-7-12-20/h2-7,9-12,22H,8,13-17H2,1H3/t22-/m1/s1. The highest BCUT2D eigenvalue weighted by Crippen LogP contribution is 2.35. The first-order valence-corrected chi connectivity index (χ1v) is 11.2. The predicted octanol–water partition coefficient (Wildman–Crippen LogP) is 4.24. The number of amides is 2. The zero-order valence-corrected chi connectivity index (χ0v) is 18.2. The van der Waals surface area contributed by atoms with Crippen molar-refractivity contribution in [2.75, 3.05) is 11.4 Å². The highest BCUT2D eigenvalue weighted by atomic mass is 16.2. The summed E-state index contributed by atoms with van der Waals surface area (Å²) in [7, 11) is 0. The van der Waals surface area contributed by atoms with Crippen LogP contribution in [-0.4, -0.2) is 33.2 Å². The van der Waals surface area contributed by atoms with Crippen LogP contribution in [0.3, 0.4) is 0 Å². The van der Waals surface area contributed by atoms with E-state index in [0.717, 1.165) is 29.7 Å². The Bertz CT molecular complexity index is 1150. The second kappa shape index (κ2) is 8.54. The lowest BCUT2D eigenvalue weighted by molar-refractivity contribution is -0.119. The summed E-state index contributed by atoms with van der Waals surface area (Å²) >= 11 is 0. The highest BCUT2D eigenvalue weighted by molar-refractivity contribution is 5.96. The number of hydrogen-bond acceptors (Lipinski definition) is 4. The molecule has 2 aromatic carbocycles. The second-order valence-corrected chi connectivity index (χ2v) is 8.46. The van der Waals surface area contributed by atoms with E-state index < -0.39 is 0 Å². The molecular formula is C26H26N4O2. The SMILES string of the molecule is Cc1nc([C@H]2CCCN2C(=O)c2ccccc2)nc2c1CCC(=O)N2Cc1ccccc1. The van der Waals surface area contributed by atoms with E-state index in [9.17, 15) is 9.59 Å². The summed E-state index contributed by atoms with van der Waals surface area (Å²) in [5.74, 6) is 1.42. The second-order valence-electron chi connectivity index (χ2n) is 8.46. The molecule has 1 atom stereocenters. The normalized spacial score (nSPS) is 18.0. The van der Waals surface area contributed by atoms with Crippen LogP contribution < -0.4 is 4.90 Å². The van der Waals surface area contributed by atoms with E-state index in [-0.39, 0.29) is 17.9 Å². The van der Waals surface area contributed by atoms with E-state index in [1.165, 1.54) is 0 Å². The summed E-state index contributed by atoms with van der Waals surface area (Å²) in [5, 5.41) is 0. The van der Waals surface area contributed by atoms with Crippen molar-refractivity contribution in [3.63, 3.8) is 0 Å². The lowest BCUT2D eigenvalue weighted by atomic mass is 10.0. The molecule has 2 aliphatic heterocycles. The van der Waals surface area contributed by atoms with Crippen LogP contribution in [0.2, 0.25) is 0 Å². The summed E-state index contributed by atoms with van der Waals surface area (Å²) in [6.07, 6.45) is 2.85. The van der Waals surface area contributed by atoms with Crippen LogP contribution in [0, 0.1) is 6.92 Å². The molecule has 1 saturated heterocycles. The number of carbonyl (C=O) groups is 2. The summed E-state index contributed by atoms with van der Waals surface area (Å²) in [4.78, 5) is 39.4. The van der Waals surface area contributed by atoms with Crippen LogP contribution in [0.15, 0.2) is 60.7 Å². The van der Waals surface area contributed by atoms with Crippen LogP contribution in [0.25, 0.3) is 0 Å². The zero-order valence-electron chi connectivity index (χ0n) is 18.2. The van der Waals surface area contributed by atoms with Crippen molar-refractivity contribution < 1.29 is 9.59 Å². The molecule has 5 rings (SSSR count). The molecule has 0 N–H and O–H groups in total. The first-order valence-electron chi connectivity index (χ1n) is 11.2. The fraction of sp³-hybridized carbons (Fsp3) is 0.308. The van der Waals surface area contributed by atoms with Gasteiger partial charge in [-0.2, -0.15) is 0 Å². The zero-order chi connectivity index (χ0) is 22.1. The van der Waals surface area contributed by atoms with Crippen molar-refractivity contribution in [3.8, 4) is 0 Å². The van der Waals surface area contributed by atoms with Crippen LogP contribution in [0.5, 0.6) is 0 Å². The van der Waals surface area contributed by atoms with Crippen LogP contribution in [-0.2, 0) is 17.8 Å². The molecular weight excluding hydrogens is 400 g/mol. The third kappa shape index (κ3) is 3.77. The van der Waals surface area contributed by atoms with E-state index in [0.29, 0.717) is 43.1 Å². The van der Waals surface area contributed by atoms with E-state index in [1.807, 2.05) is 72.5 Å². The first kappa shape index (κ1) is 20.4. The lowest BCUT2D eigenvalue weighted by Crippen LogP contribution is -2.37. The molecule has 6 nitrogen and oxygen atoms in total. The van der Waals surface area contributed by atoms with Gasteiger partial charge >= 0.3 is 0 Å². The number of benzene rings is 2. The molecule has 0 radical (unpaired) electrons. The molecule has 2 amide bonds. The third-order valence-corrected chi connectivity index (χ3v) is 6.37. The minimum absolute atomic E-state index is 0.00397. The van der Waals surface area contributed by atoms with Crippen LogP contribution in [0.1, 0.15) is 58.3 Å². The average molecular weight is 427 g/mol. The Labute approximate surface area is 187 Å². The van der Waals surface area contributed by atoms with Gasteiger partial charge in [0.2, 0.25) is 5.91 Å². The Kier molecular flexibility index (Phi) is 5.43. The Morgan fingerprint density at radius 3 is 2.47 bits per heavy atom. The number of rotatable bonds is 4. The topological polar surface area (TPSA) is 66.4 Å². The third-order valence-electron chi connectivity index (χ3n) is 6.37. The van der Waals surface area contributed by atoms with Gasteiger partial charge in [-0.05, 0) is 43.9 Å². The van der Waals surface area contributed by atoms with Gasteiger partial charge in [0.05, 0.1) is 12.6 Å². The first-order chi connectivity index (χ1) is 15.6. The molecule has 0 spiro atoms. The molecule has 1 fully saturated rings. The molecule has 162 valence electrons. The molecule has 6 heteroatoms. The maximum atomic E-state index is 13.2. The van der Waals surface area contributed by atoms with E-state index in [2.05, 4.69) is 0 Å². The molecule has 0 unspecified atom stereocenters. The van der Waals surface area contributed by atoms with Gasteiger partial charge in [0.15, 0.2) is 5.82 Å². The molecule has 0 aliphatic carbocycles. The van der Waals surface area contributed by atoms with Crippen molar-refractivity contribution in [2.45, 2.75) is 45.2 Å². The van der Waals surface area contributed by atoms with E-state index >= 15 is 0 Å². The van der Waals surface area contributed by atoms with Gasteiger partial charge in [0, 0.05) is 29.8 Å². The maximum absolute atomic E-state index is 13.2. The fourth-order valence-corrected chi connectivity index (χ4v) is 4.71. The largest absolute Gasteiger partial charge is 0.328 e. The van der Waals surface area contributed by atoms with Gasteiger partial charge in [-0.3, -0.25) is 14.5 Å². The Morgan fingerprint density at radius 2 is 1.72 bits per heavy atom. The number of nitrogens with zero attached hydrogens (tertiary/aromatic N) is 4. The highest BCUT2D eigenvalue weighted by Gasteiger charge is 2.35. The minimum Gasteiger partial charge on any atom is -0.328 e. The molecule has 0 bridgehead atoms. The number of aromatic nitrogens is 2. The molecule has 32 heavy (non-hydrogen) atoms. The predicted molar refractivity (Wildman–Crippen MR) is 122 cm³/mol. The number of carbonyl (C=O) groups excluding carboxylic acids is 2. The van der Waals surface area contributed by atoms with Gasteiger partial charge in [0.1, 0.15) is 5.82 Å². The monoisotopic (exact) mass is 426 g/mol. The van der Waals surface area contributed by atoms with Gasteiger partial charge in [0.25, 0.3) is 5.91 Å². The molecule has 1 aromatic heterocycles. The Balaban J connectivity index is 1.50. The van der Waals surface area contributed by atoms with Crippen molar-refractivity contribution in [3.05, 3.63) is 88.9 Å². The van der Waals surface area contributed by atoms with Gasteiger partial charge in [-0.1, -0.05) is 48.5 Å². The Morgan fingerprint density at radius 1 is 1.00 bits per heavy atom. The van der Waals surface area contributed by atoms with Gasteiger partial charge < -0.3 is 4.90 Å². The van der Waals surface area contributed by atoms with Gasteiger partial charge in [-0.25, -0.2) is 9.97 Å². The fourth-order valence-electron chi connectivity index (χ4n) is 4.71. The summed E-state index contributed by atoms with van der Waals surface area (Å²) < 4.78 is 0. The molecule has 0 saturated carbocycles.